The van der Waals surface area contributed by atoms with E-state index >= 15 is 0 Å². The fraction of sp³-hybridized carbons (Fsp3) is 0.600. The highest BCUT2D eigenvalue weighted by Gasteiger charge is 2.57. The summed E-state index contributed by atoms with van der Waals surface area (Å²) in [5.41, 5.74) is 1.32. The van der Waals surface area contributed by atoms with Crippen LogP contribution in [-0.2, 0) is 4.74 Å². The molecule has 2 aliphatic heterocycles. The Bertz CT molecular complexity index is 425. The Morgan fingerprint density at radius 3 is 2.44 bits per heavy atom. The molecule has 1 aromatic carbocycles. The number of benzene rings is 1. The average molecular weight is 266 g/mol. The Labute approximate surface area is 114 Å². The molecule has 1 aromatic rings. The third-order valence-corrected chi connectivity index (χ3v) is 4.79. The van der Waals surface area contributed by atoms with Crippen LogP contribution in [0.1, 0.15) is 31.4 Å². The van der Waals surface area contributed by atoms with E-state index in [9.17, 15) is 0 Å². The van der Waals surface area contributed by atoms with Crippen molar-refractivity contribution >= 4 is 11.6 Å². The van der Waals surface area contributed by atoms with E-state index in [1.165, 1.54) is 31.5 Å². The predicted octanol–water partition coefficient (Wildman–Crippen LogP) is 3.51. The number of ether oxygens (including phenoxy) is 1. The Hall–Kier alpha value is -0.570. The lowest BCUT2D eigenvalue weighted by Crippen LogP contribution is -2.36. The second-order valence-electron chi connectivity index (χ2n) is 5.81. The summed E-state index contributed by atoms with van der Waals surface area (Å²) in [4.78, 5) is 2.40. The molecule has 0 spiro atoms. The minimum atomic E-state index is 0.0507. The third kappa shape index (κ3) is 2.18. The van der Waals surface area contributed by atoms with Crippen LogP contribution in [0.4, 0.5) is 0 Å². The second-order valence-corrected chi connectivity index (χ2v) is 6.25. The zero-order valence-corrected chi connectivity index (χ0v) is 11.8. The first-order chi connectivity index (χ1) is 8.59. The van der Waals surface area contributed by atoms with Gasteiger partial charge in [-0.15, -0.1) is 0 Å². The van der Waals surface area contributed by atoms with Gasteiger partial charge in [0, 0.05) is 5.02 Å². The molecule has 18 heavy (non-hydrogen) atoms. The van der Waals surface area contributed by atoms with Crippen LogP contribution >= 0.6 is 11.6 Å². The fourth-order valence-corrected chi connectivity index (χ4v) is 3.27. The first-order valence-corrected chi connectivity index (χ1v) is 7.09. The van der Waals surface area contributed by atoms with Crippen molar-refractivity contribution in [2.75, 3.05) is 20.1 Å². The molecule has 0 amide bonds. The summed E-state index contributed by atoms with van der Waals surface area (Å²) in [6.45, 7) is 4.65. The van der Waals surface area contributed by atoms with Crippen molar-refractivity contribution in [1.82, 2.24) is 4.90 Å². The summed E-state index contributed by atoms with van der Waals surface area (Å²) in [6.07, 6.45) is 2.76. The van der Waals surface area contributed by atoms with E-state index in [0.717, 1.165) is 5.02 Å². The molecule has 2 saturated heterocycles. The predicted molar refractivity (Wildman–Crippen MR) is 73.9 cm³/mol. The molecule has 98 valence electrons. The van der Waals surface area contributed by atoms with E-state index in [4.69, 9.17) is 16.3 Å². The molecule has 0 radical (unpaired) electrons. The maximum atomic E-state index is 6.04. The lowest BCUT2D eigenvalue weighted by Gasteiger charge is -2.31. The molecule has 0 saturated carbocycles. The number of hydrogen-bond acceptors (Lipinski definition) is 2. The standard InChI is InChI=1S/C15H20ClNO/c1-15(12-7-9-17(2)10-8-12)14(18-15)11-3-5-13(16)6-4-11/h3-6,12,14H,7-10H2,1-2H3. The highest BCUT2D eigenvalue weighted by Crippen LogP contribution is 2.56. The van der Waals surface area contributed by atoms with Gasteiger partial charge in [0.1, 0.15) is 6.10 Å². The fourth-order valence-electron chi connectivity index (χ4n) is 3.15. The van der Waals surface area contributed by atoms with Gasteiger partial charge in [0.25, 0.3) is 0 Å². The van der Waals surface area contributed by atoms with E-state index in [1.54, 1.807) is 0 Å². The van der Waals surface area contributed by atoms with Crippen LogP contribution < -0.4 is 0 Å². The van der Waals surface area contributed by atoms with Crippen molar-refractivity contribution in [2.45, 2.75) is 31.5 Å². The molecule has 2 nitrogen and oxygen atoms in total. The van der Waals surface area contributed by atoms with Crippen molar-refractivity contribution in [3.05, 3.63) is 34.9 Å². The van der Waals surface area contributed by atoms with Crippen molar-refractivity contribution in [1.29, 1.82) is 0 Å². The van der Waals surface area contributed by atoms with Gasteiger partial charge >= 0.3 is 0 Å². The van der Waals surface area contributed by atoms with Gasteiger partial charge in [-0.25, -0.2) is 0 Å². The van der Waals surface area contributed by atoms with Crippen molar-refractivity contribution in [3.63, 3.8) is 0 Å². The molecule has 3 heteroatoms. The van der Waals surface area contributed by atoms with Crippen LogP contribution in [0.25, 0.3) is 0 Å². The second kappa shape index (κ2) is 4.52. The number of likely N-dealkylation sites (tertiary alicyclic amines) is 1. The van der Waals surface area contributed by atoms with Crippen LogP contribution in [0, 0.1) is 5.92 Å². The molecule has 2 fully saturated rings. The maximum absolute atomic E-state index is 6.04. The lowest BCUT2D eigenvalue weighted by atomic mass is 9.81. The Balaban J connectivity index is 1.69. The molecule has 2 aliphatic rings. The largest absolute Gasteiger partial charge is 0.361 e. The topological polar surface area (TPSA) is 15.8 Å². The molecular weight excluding hydrogens is 246 g/mol. The van der Waals surface area contributed by atoms with Crippen LogP contribution in [0.2, 0.25) is 5.02 Å². The first-order valence-electron chi connectivity index (χ1n) is 6.71. The molecule has 2 heterocycles. The van der Waals surface area contributed by atoms with E-state index < -0.39 is 0 Å². The van der Waals surface area contributed by atoms with Crippen molar-refractivity contribution in [2.24, 2.45) is 5.92 Å². The van der Waals surface area contributed by atoms with E-state index in [1.807, 2.05) is 12.1 Å². The zero-order valence-electron chi connectivity index (χ0n) is 11.0. The SMILES string of the molecule is CN1CCC(C2(C)OC2c2ccc(Cl)cc2)CC1. The normalized spacial score (nSPS) is 33.6. The summed E-state index contributed by atoms with van der Waals surface area (Å²) >= 11 is 5.93. The van der Waals surface area contributed by atoms with Gasteiger partial charge in [0.05, 0.1) is 5.60 Å². The van der Waals surface area contributed by atoms with E-state index in [-0.39, 0.29) is 11.7 Å². The molecule has 0 aromatic heterocycles. The van der Waals surface area contributed by atoms with Crippen LogP contribution in [-0.4, -0.2) is 30.6 Å². The van der Waals surface area contributed by atoms with E-state index in [2.05, 4.69) is 31.0 Å². The smallest absolute Gasteiger partial charge is 0.112 e. The summed E-state index contributed by atoms with van der Waals surface area (Å²) in [6, 6.07) is 8.08. The Morgan fingerprint density at radius 2 is 1.83 bits per heavy atom. The van der Waals surface area contributed by atoms with Crippen LogP contribution in [0.5, 0.6) is 0 Å². The Morgan fingerprint density at radius 1 is 1.22 bits per heavy atom. The Kier molecular flexibility index (Phi) is 3.13. The van der Waals surface area contributed by atoms with Gasteiger partial charge in [0.15, 0.2) is 0 Å². The quantitative estimate of drug-likeness (QED) is 0.761. The molecule has 0 N–H and O–H groups in total. The number of nitrogens with zero attached hydrogens (tertiary/aromatic N) is 1. The molecule has 2 unspecified atom stereocenters. The monoisotopic (exact) mass is 265 g/mol. The summed E-state index contributed by atoms with van der Waals surface area (Å²) in [5, 5.41) is 0.792. The maximum Gasteiger partial charge on any atom is 0.112 e. The molecule has 3 rings (SSSR count). The summed E-state index contributed by atoms with van der Waals surface area (Å²) in [5.74, 6) is 0.689. The van der Waals surface area contributed by atoms with Gasteiger partial charge in [0.2, 0.25) is 0 Å². The molecule has 2 atom stereocenters. The summed E-state index contributed by atoms with van der Waals surface area (Å²) < 4.78 is 6.04. The van der Waals surface area contributed by atoms with Gasteiger partial charge in [-0.3, -0.25) is 0 Å². The number of epoxide rings is 1. The molecule has 0 bridgehead atoms. The number of piperidine rings is 1. The van der Waals surface area contributed by atoms with Crippen molar-refractivity contribution < 1.29 is 4.74 Å². The number of hydrogen-bond donors (Lipinski definition) is 0. The average Bonchev–Trinajstić information content (AvgIpc) is 3.04. The first kappa shape index (κ1) is 12.5. The summed E-state index contributed by atoms with van der Waals surface area (Å²) in [7, 11) is 2.20. The minimum absolute atomic E-state index is 0.0507. The highest BCUT2D eigenvalue weighted by molar-refractivity contribution is 6.30. The van der Waals surface area contributed by atoms with Gasteiger partial charge in [-0.1, -0.05) is 23.7 Å². The third-order valence-electron chi connectivity index (χ3n) is 4.54. The van der Waals surface area contributed by atoms with E-state index in [0.29, 0.717) is 5.92 Å². The highest BCUT2D eigenvalue weighted by atomic mass is 35.5. The van der Waals surface area contributed by atoms with Crippen LogP contribution in [0.15, 0.2) is 24.3 Å². The van der Waals surface area contributed by atoms with Gasteiger partial charge < -0.3 is 9.64 Å². The number of halogens is 1. The molecule has 0 aliphatic carbocycles. The van der Waals surface area contributed by atoms with Gasteiger partial charge in [-0.05, 0) is 63.5 Å². The van der Waals surface area contributed by atoms with Gasteiger partial charge in [-0.2, -0.15) is 0 Å². The zero-order chi connectivity index (χ0) is 12.8. The molecular formula is C15H20ClNO. The van der Waals surface area contributed by atoms with Crippen LogP contribution in [0.3, 0.4) is 0 Å². The number of rotatable bonds is 2. The van der Waals surface area contributed by atoms with Crippen molar-refractivity contribution in [3.8, 4) is 0 Å². The minimum Gasteiger partial charge on any atom is -0.361 e. The lowest BCUT2D eigenvalue weighted by molar-refractivity contribution is 0.143.